The van der Waals surface area contributed by atoms with Gasteiger partial charge < -0.3 is 0 Å². The summed E-state index contributed by atoms with van der Waals surface area (Å²) in [5, 5.41) is 0.439. The molecule has 1 aliphatic rings. The summed E-state index contributed by atoms with van der Waals surface area (Å²) in [6.07, 6.45) is 1.61. The molecule has 0 saturated heterocycles. The maximum atomic E-state index is 13.4. The fourth-order valence-electron chi connectivity index (χ4n) is 3.07. The summed E-state index contributed by atoms with van der Waals surface area (Å²) in [5.41, 5.74) is 2.48. The first-order valence-corrected chi connectivity index (χ1v) is 11.3. The Kier molecular flexibility index (Phi) is 5.36. The van der Waals surface area contributed by atoms with Crippen molar-refractivity contribution in [2.24, 2.45) is 0 Å². The molecule has 4 rings (SSSR count). The molecule has 3 heterocycles. The molecule has 0 aliphatic carbocycles. The van der Waals surface area contributed by atoms with E-state index in [1.165, 1.54) is 18.2 Å². The van der Waals surface area contributed by atoms with Gasteiger partial charge in [-0.1, -0.05) is 0 Å². The zero-order valence-electron chi connectivity index (χ0n) is 14.1. The standard InChI is InChI=1S/C18H10BrClFN3O3.Tl/c19-6-9-3-4-22-15-13(9)23-14-12(16(15)25)17(26)24(18(14)27)7-8-1-2-11(21)10(20)5-8;/h1-5H,6-7H2,(H,23,25);/q;+1/p-1. The fraction of sp³-hybridized carbons (Fsp3) is 0.111. The van der Waals surface area contributed by atoms with E-state index in [1.807, 2.05) is 0 Å². The van der Waals surface area contributed by atoms with E-state index >= 15 is 0 Å². The molecule has 1 aliphatic heterocycles. The van der Waals surface area contributed by atoms with Crippen molar-refractivity contribution in [1.29, 1.82) is 0 Å². The third-order valence-electron chi connectivity index (χ3n) is 4.40. The molecule has 2 amide bonds. The molecule has 138 valence electrons. The summed E-state index contributed by atoms with van der Waals surface area (Å²) >= 11 is 9.29. The first-order chi connectivity index (χ1) is 13.5. The number of carbonyl (C=O) groups excluding carboxylic acids is 2. The fourth-order valence-corrected chi connectivity index (χ4v) is 4.62. The predicted molar refractivity (Wildman–Crippen MR) is 104 cm³/mol. The molecule has 28 heavy (non-hydrogen) atoms. The molecular weight excluding hydrogens is 645 g/mol. The Morgan fingerprint density at radius 2 is 2.00 bits per heavy atom. The molecule has 10 heteroatoms. The number of nitrogens with zero attached hydrogens (tertiary/aromatic N) is 3. The van der Waals surface area contributed by atoms with Crippen molar-refractivity contribution in [3.63, 3.8) is 0 Å². The summed E-state index contributed by atoms with van der Waals surface area (Å²) in [5.74, 6) is -1.33. The van der Waals surface area contributed by atoms with Crippen molar-refractivity contribution < 1.29 is 16.7 Å². The molecule has 0 bridgehead atoms. The Balaban J connectivity index is 1.84. The predicted octanol–water partition coefficient (Wildman–Crippen LogP) is 3.58. The van der Waals surface area contributed by atoms with Crippen molar-refractivity contribution in [2.75, 3.05) is 0 Å². The van der Waals surface area contributed by atoms with Gasteiger partial charge >= 0.3 is 189 Å². The van der Waals surface area contributed by atoms with E-state index < -0.39 is 17.6 Å². The van der Waals surface area contributed by atoms with Crippen LogP contribution in [-0.4, -0.2) is 52.9 Å². The number of hydrogen-bond acceptors (Lipinski definition) is 5. The minimum atomic E-state index is -0.568. The third-order valence-corrected chi connectivity index (χ3v) is 6.21. The van der Waals surface area contributed by atoms with E-state index in [0.717, 1.165) is 10.5 Å². The van der Waals surface area contributed by atoms with Crippen LogP contribution < -0.4 is 2.69 Å². The number of halogens is 3. The number of benzene rings is 1. The van der Waals surface area contributed by atoms with Crippen LogP contribution in [0.5, 0.6) is 5.75 Å². The van der Waals surface area contributed by atoms with Gasteiger partial charge in [0.2, 0.25) is 0 Å². The number of rotatable bonds is 4. The molecule has 6 nitrogen and oxygen atoms in total. The van der Waals surface area contributed by atoms with E-state index in [2.05, 4.69) is 25.9 Å². The molecule has 0 spiro atoms. The van der Waals surface area contributed by atoms with E-state index in [1.54, 1.807) is 12.3 Å². The number of carbonyl (C=O) groups is 2. The quantitative estimate of drug-likeness (QED) is 0.245. The number of alkyl halides is 1. The van der Waals surface area contributed by atoms with E-state index in [4.69, 9.17) is 14.3 Å². The maximum absolute atomic E-state index is 13.4. The molecule has 0 unspecified atom stereocenters. The Morgan fingerprint density at radius 1 is 1.21 bits per heavy atom. The summed E-state index contributed by atoms with van der Waals surface area (Å²) in [6, 6.07) is 5.85. The summed E-state index contributed by atoms with van der Waals surface area (Å²) in [7, 11) is 0. The molecule has 0 saturated carbocycles. The van der Waals surface area contributed by atoms with Crippen molar-refractivity contribution in [2.45, 2.75) is 11.9 Å². The number of pyridine rings is 2. The van der Waals surface area contributed by atoms with Crippen molar-refractivity contribution in [3.8, 4) is 5.75 Å². The summed E-state index contributed by atoms with van der Waals surface area (Å²) in [6.45, 7) is -0.0496. The normalized spacial score (nSPS) is 13.3. The number of amides is 2. The van der Waals surface area contributed by atoms with Gasteiger partial charge in [-0.05, 0) is 0 Å². The average molecular weight is 654 g/mol. The first kappa shape index (κ1) is 19.6. The molecule has 2 aromatic heterocycles. The van der Waals surface area contributed by atoms with Crippen molar-refractivity contribution >= 4 is 76.6 Å². The van der Waals surface area contributed by atoms with Gasteiger partial charge in [0.1, 0.15) is 0 Å². The summed E-state index contributed by atoms with van der Waals surface area (Å²) in [4.78, 5) is 35.7. The van der Waals surface area contributed by atoms with Gasteiger partial charge in [-0.3, -0.25) is 0 Å². The topological polar surface area (TPSA) is 72.4 Å². The second-order valence-corrected chi connectivity index (χ2v) is 7.91. The molecule has 0 atom stereocenters. The monoisotopic (exact) mass is 653 g/mol. The van der Waals surface area contributed by atoms with Crippen LogP contribution in [0.2, 0.25) is 5.02 Å². The number of imide groups is 1. The zero-order valence-corrected chi connectivity index (χ0v) is 20.9. The number of hydrogen-bond donors (Lipinski definition) is 0. The van der Waals surface area contributed by atoms with Gasteiger partial charge in [0.15, 0.2) is 0 Å². The van der Waals surface area contributed by atoms with Crippen molar-refractivity contribution in [3.05, 3.63) is 63.7 Å². The van der Waals surface area contributed by atoms with Gasteiger partial charge in [0.05, 0.1) is 0 Å². The van der Waals surface area contributed by atoms with Gasteiger partial charge in [0, 0.05) is 0 Å². The van der Waals surface area contributed by atoms with Crippen LogP contribution in [0, 0.1) is 5.82 Å². The van der Waals surface area contributed by atoms with Gasteiger partial charge in [-0.15, -0.1) is 0 Å². The first-order valence-electron chi connectivity index (χ1n) is 8.00. The number of aromatic nitrogens is 2. The van der Waals surface area contributed by atoms with Crippen LogP contribution >= 0.6 is 27.5 Å². The van der Waals surface area contributed by atoms with E-state index in [0.29, 0.717) is 21.9 Å². The van der Waals surface area contributed by atoms with Gasteiger partial charge in [-0.25, -0.2) is 0 Å². The Bertz CT molecular complexity index is 1160. The Labute approximate surface area is 188 Å². The molecule has 3 aromatic rings. The molecule has 0 radical (unpaired) electrons. The van der Waals surface area contributed by atoms with E-state index in [9.17, 15) is 14.0 Å². The zero-order chi connectivity index (χ0) is 20.0. The second kappa shape index (κ2) is 7.64. The molecule has 0 fully saturated rings. The van der Waals surface area contributed by atoms with Crippen LogP contribution in [0.25, 0.3) is 11.0 Å². The Morgan fingerprint density at radius 3 is 2.68 bits per heavy atom. The average Bonchev–Trinajstić information content (AvgIpc) is 2.93. The molecular formula is C18H9BrClFN3O3Tl. The van der Waals surface area contributed by atoms with Crippen molar-refractivity contribution in [1.82, 2.24) is 14.9 Å². The van der Waals surface area contributed by atoms with Crippen LogP contribution in [0.1, 0.15) is 32.0 Å². The summed E-state index contributed by atoms with van der Waals surface area (Å²) < 4.78 is 19.0. The van der Waals surface area contributed by atoms with E-state index in [-0.39, 0.29) is 54.8 Å². The Hall–Kier alpha value is -1.66. The van der Waals surface area contributed by atoms with Gasteiger partial charge in [0.25, 0.3) is 0 Å². The molecule has 0 N–H and O–H groups in total. The van der Waals surface area contributed by atoms with Crippen LogP contribution in [0.15, 0.2) is 30.5 Å². The second-order valence-electron chi connectivity index (χ2n) is 6.03. The third kappa shape index (κ3) is 3.11. The number of fused-ring (bicyclic) bond motifs is 2. The van der Waals surface area contributed by atoms with Gasteiger partial charge in [-0.2, -0.15) is 0 Å². The van der Waals surface area contributed by atoms with Crippen LogP contribution in [0.4, 0.5) is 4.39 Å². The van der Waals surface area contributed by atoms with Crippen LogP contribution in [-0.2, 0) is 11.9 Å². The minimum absolute atomic E-state index is 0.0385. The SMILES string of the molecule is O=C1c2nc3c(CBr)ccnc3c([O][Tl])c2C(=O)N1Cc1ccc(F)c(Cl)c1. The van der Waals surface area contributed by atoms with Crippen LogP contribution in [0.3, 0.4) is 0 Å². The molecule has 1 aromatic carbocycles.